The minimum absolute atomic E-state index is 0. The summed E-state index contributed by atoms with van der Waals surface area (Å²) < 4.78 is 0. The molecular weight excluding hydrogens is 437 g/mol. The van der Waals surface area contributed by atoms with E-state index in [9.17, 15) is 20.4 Å². The Morgan fingerprint density at radius 3 is 0.333 bits per heavy atom. The van der Waals surface area contributed by atoms with E-state index in [1.807, 2.05) is 0 Å². The Bertz CT molecular complexity index is 130. The Morgan fingerprint density at radius 2 is 0.333 bits per heavy atom. The second-order valence-corrected chi connectivity index (χ2v) is 8.45. The number of rotatable bonds is 0. The molecule has 21 heavy (non-hydrogen) atoms. The first-order valence-corrected chi connectivity index (χ1v) is 6.82. The molecule has 0 fully saturated rings. The maximum Gasteiger partial charge on any atom is 0 e. The molecule has 0 amide bonds. The molecule has 5 heteroatoms. The summed E-state index contributed by atoms with van der Waals surface area (Å²) >= 11 is 0. The summed E-state index contributed by atoms with van der Waals surface area (Å²) in [4.78, 5) is 0. The van der Waals surface area contributed by atoms with Crippen molar-refractivity contribution in [3.05, 3.63) is 0 Å². The molecule has 0 spiro atoms. The number of hydrogen-bond donors (Lipinski definition) is 0. The normalized spacial score (nSPS) is 11.4. The zero-order valence-corrected chi connectivity index (χ0v) is 19.3. The summed E-state index contributed by atoms with van der Waals surface area (Å²) in [6.07, 6.45) is 0. The van der Waals surface area contributed by atoms with Crippen molar-refractivity contribution in [1.82, 2.24) is 0 Å². The zero-order chi connectivity index (χ0) is 18.0. The van der Waals surface area contributed by atoms with Gasteiger partial charge in [-0.15, -0.1) is 22.4 Å². The van der Waals surface area contributed by atoms with E-state index in [0.717, 1.165) is 0 Å². The molecule has 1 radical (unpaired) electrons. The Hall–Kier alpha value is 0.580. The van der Waals surface area contributed by atoms with Crippen molar-refractivity contribution in [2.45, 2.75) is 105 Å². The van der Waals surface area contributed by atoms with Crippen LogP contribution < -0.4 is 20.4 Å². The van der Waals surface area contributed by atoms with Gasteiger partial charge in [-0.3, -0.25) is 0 Å². The molecule has 0 aliphatic rings. The van der Waals surface area contributed by atoms with Crippen LogP contribution in [0.25, 0.3) is 0 Å². The van der Waals surface area contributed by atoms with Gasteiger partial charge in [0.2, 0.25) is 0 Å². The average Bonchev–Trinajstić information content (AvgIpc) is 1.62. The van der Waals surface area contributed by atoms with E-state index in [0.29, 0.717) is 0 Å². The van der Waals surface area contributed by atoms with Gasteiger partial charge in [-0.1, -0.05) is 83.1 Å². The van der Waals surface area contributed by atoms with Crippen molar-refractivity contribution >= 4 is 0 Å². The summed E-state index contributed by atoms with van der Waals surface area (Å²) in [6, 6.07) is 0. The van der Waals surface area contributed by atoms with Crippen molar-refractivity contribution in [2.75, 3.05) is 0 Å². The van der Waals surface area contributed by atoms with E-state index in [1.54, 1.807) is 83.1 Å². The first kappa shape index (κ1) is 33.2. The predicted octanol–water partition coefficient (Wildman–Crippen LogP) is 0.578. The predicted molar refractivity (Wildman–Crippen MR) is 79.0 cm³/mol. The van der Waals surface area contributed by atoms with Crippen LogP contribution >= 0.6 is 0 Å². The van der Waals surface area contributed by atoms with E-state index < -0.39 is 22.4 Å². The third-order valence-electron chi connectivity index (χ3n) is 0. The van der Waals surface area contributed by atoms with Gasteiger partial charge in [0, 0.05) is 22.4 Å². The molecule has 4 nitrogen and oxygen atoms in total. The Labute approximate surface area is 148 Å². The van der Waals surface area contributed by atoms with Crippen LogP contribution in [0, 0.1) is 0 Å². The van der Waals surface area contributed by atoms with Crippen molar-refractivity contribution in [2.24, 2.45) is 0 Å². The average molecular weight is 473 g/mol. The fourth-order valence-corrected chi connectivity index (χ4v) is 0. The summed E-state index contributed by atoms with van der Waals surface area (Å²) in [5.41, 5.74) is -3.00. The molecule has 0 saturated carbocycles. The fraction of sp³-hybridized carbons (Fsp3) is 1.00. The zero-order valence-electron chi connectivity index (χ0n) is 16.1. The molecule has 0 unspecified atom stereocenters. The molecule has 0 N–H and O–H groups in total. The molecule has 0 aromatic rings. The maximum atomic E-state index is 10.1. The maximum absolute atomic E-state index is 10.1. The first-order valence-electron chi connectivity index (χ1n) is 6.82. The molecular formula is C16H36O4Ta-4. The largest absolute Gasteiger partial charge is 0.850 e. The van der Waals surface area contributed by atoms with Gasteiger partial charge in [-0.05, 0) is 0 Å². The van der Waals surface area contributed by atoms with Crippen molar-refractivity contribution < 1.29 is 42.8 Å². The SMILES string of the molecule is CC(C)(C)[O-].CC(C)(C)[O-].CC(C)(C)[O-].CC(C)(C)[O-].[Ta]. The summed E-state index contributed by atoms with van der Waals surface area (Å²) in [5.74, 6) is 0. The van der Waals surface area contributed by atoms with Crippen LogP contribution in [0.4, 0.5) is 0 Å². The molecule has 133 valence electrons. The molecule has 0 bridgehead atoms. The van der Waals surface area contributed by atoms with Crippen LogP contribution in [0.3, 0.4) is 0 Å². The molecule has 0 saturated heterocycles. The van der Waals surface area contributed by atoms with Crippen LogP contribution in [0.15, 0.2) is 0 Å². The standard InChI is InChI=1S/4C4H9O.Ta/c4*1-4(2,3)5;/h4*1-3H3;/q4*-1;. The van der Waals surface area contributed by atoms with Crippen molar-refractivity contribution in [3.8, 4) is 0 Å². The van der Waals surface area contributed by atoms with Crippen molar-refractivity contribution in [3.63, 3.8) is 0 Å². The van der Waals surface area contributed by atoms with Gasteiger partial charge in [0.25, 0.3) is 0 Å². The molecule has 0 aliphatic carbocycles. The molecule has 0 aromatic heterocycles. The minimum Gasteiger partial charge on any atom is -0.850 e. The van der Waals surface area contributed by atoms with Gasteiger partial charge in [0.1, 0.15) is 0 Å². The van der Waals surface area contributed by atoms with E-state index in [4.69, 9.17) is 0 Å². The molecule has 0 heterocycles. The molecule has 0 aliphatic heterocycles. The summed E-state index contributed by atoms with van der Waals surface area (Å²) in [5, 5.41) is 40.4. The van der Waals surface area contributed by atoms with E-state index in [1.165, 1.54) is 0 Å². The van der Waals surface area contributed by atoms with Crippen LogP contribution in [-0.4, -0.2) is 22.4 Å². The second-order valence-electron chi connectivity index (χ2n) is 8.45. The van der Waals surface area contributed by atoms with Crippen LogP contribution in [-0.2, 0) is 22.4 Å². The Morgan fingerprint density at radius 1 is 0.333 bits per heavy atom. The van der Waals surface area contributed by atoms with E-state index >= 15 is 0 Å². The molecule has 0 rings (SSSR count). The molecule has 0 aromatic carbocycles. The quantitative estimate of drug-likeness (QED) is 0.515. The first-order chi connectivity index (χ1) is 8.00. The van der Waals surface area contributed by atoms with Gasteiger partial charge in [-0.25, -0.2) is 0 Å². The van der Waals surface area contributed by atoms with Gasteiger partial charge >= 0.3 is 0 Å². The van der Waals surface area contributed by atoms with Gasteiger partial charge in [-0.2, -0.15) is 0 Å². The smallest absolute Gasteiger partial charge is 0 e. The second kappa shape index (κ2) is 13.1. The van der Waals surface area contributed by atoms with Gasteiger partial charge < -0.3 is 20.4 Å². The third kappa shape index (κ3) is 21100. The monoisotopic (exact) mass is 473 g/mol. The summed E-state index contributed by atoms with van der Waals surface area (Å²) in [7, 11) is 0. The van der Waals surface area contributed by atoms with Crippen LogP contribution in [0.2, 0.25) is 0 Å². The topological polar surface area (TPSA) is 92.2 Å². The third-order valence-corrected chi connectivity index (χ3v) is 0. The number of hydrogen-bond acceptors (Lipinski definition) is 4. The Kier molecular flexibility index (Phi) is 20.7. The fourth-order valence-electron chi connectivity index (χ4n) is 0. The van der Waals surface area contributed by atoms with Gasteiger partial charge in [0.15, 0.2) is 0 Å². The summed E-state index contributed by atoms with van der Waals surface area (Å²) in [6.45, 7) is 19.6. The van der Waals surface area contributed by atoms with Gasteiger partial charge in [0.05, 0.1) is 0 Å². The Balaban J connectivity index is -0.0000000533. The van der Waals surface area contributed by atoms with Crippen LogP contribution in [0.1, 0.15) is 83.1 Å². The van der Waals surface area contributed by atoms with E-state index in [2.05, 4.69) is 0 Å². The molecule has 0 atom stereocenters. The van der Waals surface area contributed by atoms with Crippen molar-refractivity contribution in [1.29, 1.82) is 0 Å². The minimum atomic E-state index is -0.750. The van der Waals surface area contributed by atoms with E-state index in [-0.39, 0.29) is 22.4 Å². The van der Waals surface area contributed by atoms with Crippen LogP contribution in [0.5, 0.6) is 0 Å².